The Morgan fingerprint density at radius 3 is 2.59 bits per heavy atom. The molecule has 1 aromatic heterocycles. The van der Waals surface area contributed by atoms with Crippen LogP contribution in [-0.4, -0.2) is 73.4 Å². The Morgan fingerprint density at radius 1 is 1.05 bits per heavy atom. The van der Waals surface area contributed by atoms with Crippen LogP contribution < -0.4 is 25.8 Å². The van der Waals surface area contributed by atoms with Crippen LogP contribution in [0, 0.1) is 0 Å². The molecule has 2 fully saturated rings. The number of hydrogen-bond donors (Lipinski definition) is 3. The van der Waals surface area contributed by atoms with Gasteiger partial charge < -0.3 is 35.5 Å². The zero-order valence-electron chi connectivity index (χ0n) is 22.5. The normalized spacial score (nSPS) is 17.0. The van der Waals surface area contributed by atoms with E-state index in [1.807, 2.05) is 30.3 Å². The highest BCUT2D eigenvalue weighted by atomic mass is 16.5. The Kier molecular flexibility index (Phi) is 8.43. The standard InChI is InChI=1S/C29H36N6O4/c1-35-13-8-20(9-14-35)32-28(36)23-5-4-21(18-27(23)37-2)33-29-31-12-7-25(34-29)19-3-6-26(24(30)17-19)39-22-10-15-38-16-11-22/h3-7,12,17-18,20,22H,8-11,13-16,30H2,1-2H3,(H,32,36)(H,31,33,34). The van der Waals surface area contributed by atoms with Gasteiger partial charge in [-0.15, -0.1) is 0 Å². The van der Waals surface area contributed by atoms with Gasteiger partial charge in [0.2, 0.25) is 5.95 Å². The Bertz CT molecular complexity index is 1290. The summed E-state index contributed by atoms with van der Waals surface area (Å²) >= 11 is 0. The number of nitrogens with one attached hydrogen (secondary N) is 2. The number of benzene rings is 2. The van der Waals surface area contributed by atoms with Crippen LogP contribution in [0.1, 0.15) is 36.0 Å². The van der Waals surface area contributed by atoms with Gasteiger partial charge in [-0.1, -0.05) is 0 Å². The third kappa shape index (κ3) is 6.76. The molecule has 0 saturated carbocycles. The number of likely N-dealkylation sites (tertiary alicyclic amines) is 1. The van der Waals surface area contributed by atoms with Gasteiger partial charge in [0.25, 0.3) is 5.91 Å². The number of nitrogen functional groups attached to an aromatic ring is 1. The SMILES string of the molecule is COc1cc(Nc2nccc(-c3ccc(OC4CCOCC4)c(N)c3)n2)ccc1C(=O)NC1CCN(C)CC1. The molecule has 206 valence electrons. The number of carbonyl (C=O) groups is 1. The Hall–Kier alpha value is -3.89. The molecule has 0 spiro atoms. The van der Waals surface area contributed by atoms with Gasteiger partial charge in [-0.3, -0.25) is 4.79 Å². The number of piperidine rings is 1. The molecule has 5 rings (SSSR count). The zero-order valence-corrected chi connectivity index (χ0v) is 22.5. The lowest BCUT2D eigenvalue weighted by atomic mass is 10.0. The number of anilines is 3. The van der Waals surface area contributed by atoms with Crippen molar-refractivity contribution < 1.29 is 19.0 Å². The molecule has 2 aliphatic rings. The quantitative estimate of drug-likeness (QED) is 0.371. The number of amides is 1. The molecule has 2 aromatic carbocycles. The van der Waals surface area contributed by atoms with Gasteiger partial charge in [0.15, 0.2) is 0 Å². The molecule has 4 N–H and O–H groups in total. The van der Waals surface area contributed by atoms with E-state index >= 15 is 0 Å². The van der Waals surface area contributed by atoms with Gasteiger partial charge in [0, 0.05) is 42.4 Å². The van der Waals surface area contributed by atoms with Crippen LogP contribution in [0.15, 0.2) is 48.7 Å². The van der Waals surface area contributed by atoms with Gasteiger partial charge in [-0.05, 0) is 69.4 Å². The number of nitrogens with two attached hydrogens (primary N) is 1. The number of rotatable bonds is 8. The molecule has 10 nitrogen and oxygen atoms in total. The van der Waals surface area contributed by atoms with E-state index in [9.17, 15) is 4.79 Å². The van der Waals surface area contributed by atoms with Crippen molar-refractivity contribution in [2.75, 3.05) is 51.5 Å². The molecular formula is C29H36N6O4. The van der Waals surface area contributed by atoms with Crippen molar-refractivity contribution >= 4 is 23.2 Å². The third-order valence-corrected chi connectivity index (χ3v) is 7.18. The fourth-order valence-electron chi connectivity index (χ4n) is 4.87. The van der Waals surface area contributed by atoms with E-state index in [1.54, 1.807) is 25.4 Å². The summed E-state index contributed by atoms with van der Waals surface area (Å²) < 4.78 is 17.0. The number of methoxy groups -OCH3 is 1. The first-order valence-corrected chi connectivity index (χ1v) is 13.4. The number of carbonyl (C=O) groups excluding carboxylic acids is 1. The molecule has 0 aliphatic carbocycles. The molecule has 0 unspecified atom stereocenters. The highest BCUT2D eigenvalue weighted by molar-refractivity contribution is 5.97. The van der Waals surface area contributed by atoms with Crippen molar-refractivity contribution in [2.24, 2.45) is 0 Å². The van der Waals surface area contributed by atoms with Crippen molar-refractivity contribution in [3.8, 4) is 22.8 Å². The number of hydrogen-bond acceptors (Lipinski definition) is 9. The number of aromatic nitrogens is 2. The minimum Gasteiger partial charge on any atom is -0.496 e. The van der Waals surface area contributed by atoms with Gasteiger partial charge >= 0.3 is 0 Å². The Labute approximate surface area is 228 Å². The fourth-order valence-corrected chi connectivity index (χ4v) is 4.87. The lowest BCUT2D eigenvalue weighted by Crippen LogP contribution is -2.43. The first-order valence-electron chi connectivity index (χ1n) is 13.4. The van der Waals surface area contributed by atoms with Crippen LogP contribution in [0.25, 0.3) is 11.3 Å². The average Bonchev–Trinajstić information content (AvgIpc) is 2.96. The van der Waals surface area contributed by atoms with Gasteiger partial charge in [-0.2, -0.15) is 0 Å². The molecule has 39 heavy (non-hydrogen) atoms. The summed E-state index contributed by atoms with van der Waals surface area (Å²) in [6.45, 7) is 3.37. The Morgan fingerprint density at radius 2 is 1.85 bits per heavy atom. The molecule has 3 aromatic rings. The molecule has 2 saturated heterocycles. The second-order valence-electron chi connectivity index (χ2n) is 10.0. The van der Waals surface area contributed by atoms with Crippen molar-refractivity contribution in [3.63, 3.8) is 0 Å². The van der Waals surface area contributed by atoms with Crippen LogP contribution in [0.4, 0.5) is 17.3 Å². The van der Waals surface area contributed by atoms with Gasteiger partial charge in [0.05, 0.1) is 37.3 Å². The summed E-state index contributed by atoms with van der Waals surface area (Å²) in [6, 6.07) is 13.0. The fraction of sp³-hybridized carbons (Fsp3) is 0.414. The average molecular weight is 533 g/mol. The maximum Gasteiger partial charge on any atom is 0.255 e. The van der Waals surface area contributed by atoms with E-state index < -0.39 is 0 Å². The molecular weight excluding hydrogens is 496 g/mol. The monoisotopic (exact) mass is 532 g/mol. The van der Waals surface area contributed by atoms with E-state index in [1.165, 1.54) is 0 Å². The predicted molar refractivity (Wildman–Crippen MR) is 151 cm³/mol. The maximum atomic E-state index is 12.9. The highest BCUT2D eigenvalue weighted by Crippen LogP contribution is 2.31. The second kappa shape index (κ2) is 12.3. The van der Waals surface area contributed by atoms with E-state index in [0.29, 0.717) is 47.6 Å². The van der Waals surface area contributed by atoms with E-state index in [4.69, 9.17) is 19.9 Å². The second-order valence-corrected chi connectivity index (χ2v) is 10.0. The molecule has 0 radical (unpaired) electrons. The van der Waals surface area contributed by atoms with E-state index in [0.717, 1.165) is 50.0 Å². The zero-order chi connectivity index (χ0) is 27.2. The molecule has 3 heterocycles. The van der Waals surface area contributed by atoms with Crippen LogP contribution in [0.5, 0.6) is 11.5 Å². The number of nitrogens with zero attached hydrogens (tertiary/aromatic N) is 3. The van der Waals surface area contributed by atoms with Crippen molar-refractivity contribution in [3.05, 3.63) is 54.2 Å². The largest absolute Gasteiger partial charge is 0.496 e. The van der Waals surface area contributed by atoms with Crippen molar-refractivity contribution in [1.29, 1.82) is 0 Å². The smallest absolute Gasteiger partial charge is 0.255 e. The molecule has 0 bridgehead atoms. The maximum absolute atomic E-state index is 12.9. The minimum atomic E-state index is -0.131. The summed E-state index contributed by atoms with van der Waals surface area (Å²) in [5.41, 5.74) is 9.65. The summed E-state index contributed by atoms with van der Waals surface area (Å²) in [5.74, 6) is 1.44. The molecule has 2 aliphatic heterocycles. The summed E-state index contributed by atoms with van der Waals surface area (Å²) in [6.07, 6.45) is 5.40. The van der Waals surface area contributed by atoms with Crippen LogP contribution >= 0.6 is 0 Å². The predicted octanol–water partition coefficient (Wildman–Crippen LogP) is 3.86. The molecule has 1 amide bonds. The minimum absolute atomic E-state index is 0.116. The third-order valence-electron chi connectivity index (χ3n) is 7.18. The lowest BCUT2D eigenvalue weighted by molar-refractivity contribution is 0.0259. The summed E-state index contributed by atoms with van der Waals surface area (Å²) in [7, 11) is 3.66. The van der Waals surface area contributed by atoms with E-state index in [2.05, 4.69) is 32.5 Å². The van der Waals surface area contributed by atoms with Gasteiger partial charge in [0.1, 0.15) is 17.6 Å². The highest BCUT2D eigenvalue weighted by Gasteiger charge is 2.21. The van der Waals surface area contributed by atoms with E-state index in [-0.39, 0.29) is 18.1 Å². The topological polar surface area (TPSA) is 124 Å². The molecule has 10 heteroatoms. The van der Waals surface area contributed by atoms with Crippen molar-refractivity contribution in [2.45, 2.75) is 37.8 Å². The van der Waals surface area contributed by atoms with Crippen LogP contribution in [-0.2, 0) is 4.74 Å². The molecule has 0 atom stereocenters. The summed E-state index contributed by atoms with van der Waals surface area (Å²) in [4.78, 5) is 24.2. The van der Waals surface area contributed by atoms with Crippen LogP contribution in [0.2, 0.25) is 0 Å². The van der Waals surface area contributed by atoms with Gasteiger partial charge in [-0.25, -0.2) is 9.97 Å². The van der Waals surface area contributed by atoms with Crippen molar-refractivity contribution in [1.82, 2.24) is 20.2 Å². The van der Waals surface area contributed by atoms with Crippen LogP contribution in [0.3, 0.4) is 0 Å². The summed E-state index contributed by atoms with van der Waals surface area (Å²) in [5, 5.41) is 6.36. The first-order chi connectivity index (χ1) is 19.0. The first kappa shape index (κ1) is 26.7. The lowest BCUT2D eigenvalue weighted by Gasteiger charge is -2.29. The number of ether oxygens (including phenoxy) is 3. The Balaban J connectivity index is 1.26.